The van der Waals surface area contributed by atoms with Crippen LogP contribution in [0.4, 0.5) is 0 Å². The molecule has 2 aromatic rings. The van der Waals surface area contributed by atoms with Gasteiger partial charge in [0.1, 0.15) is 5.82 Å². The van der Waals surface area contributed by atoms with E-state index in [1.165, 1.54) is 24.1 Å². The summed E-state index contributed by atoms with van der Waals surface area (Å²) in [5.41, 5.74) is 2.48. The molecule has 2 heterocycles. The summed E-state index contributed by atoms with van der Waals surface area (Å²) in [5, 5.41) is 3.42. The molecule has 20 heavy (non-hydrogen) atoms. The summed E-state index contributed by atoms with van der Waals surface area (Å²) < 4.78 is 2.41. The van der Waals surface area contributed by atoms with Gasteiger partial charge in [-0.3, -0.25) is 0 Å². The normalized spacial score (nSPS) is 15.2. The van der Waals surface area contributed by atoms with E-state index in [4.69, 9.17) is 0 Å². The minimum absolute atomic E-state index is 0. The number of imidazole rings is 1. The quantitative estimate of drug-likeness (QED) is 0.917. The van der Waals surface area contributed by atoms with Gasteiger partial charge < -0.3 is 9.88 Å². The van der Waals surface area contributed by atoms with Crippen molar-refractivity contribution in [2.75, 3.05) is 13.1 Å². The summed E-state index contributed by atoms with van der Waals surface area (Å²) in [5.74, 6) is 1.11. The number of rotatable bonds is 2. The molecule has 0 bridgehead atoms. The average Bonchev–Trinajstić information content (AvgIpc) is 2.83. The number of nitrogens with zero attached hydrogens (tertiary/aromatic N) is 2. The van der Waals surface area contributed by atoms with E-state index >= 15 is 0 Å². The Morgan fingerprint density at radius 2 is 1.75 bits per heavy atom. The minimum atomic E-state index is 0. The molecular formula is C15H21Cl2N3. The van der Waals surface area contributed by atoms with Crippen molar-refractivity contribution in [3.63, 3.8) is 0 Å². The van der Waals surface area contributed by atoms with Gasteiger partial charge in [-0.1, -0.05) is 30.3 Å². The van der Waals surface area contributed by atoms with Gasteiger partial charge in [-0.15, -0.1) is 24.8 Å². The summed E-state index contributed by atoms with van der Waals surface area (Å²) >= 11 is 0. The van der Waals surface area contributed by atoms with Gasteiger partial charge in [0.15, 0.2) is 0 Å². The van der Waals surface area contributed by atoms with E-state index in [2.05, 4.69) is 46.1 Å². The van der Waals surface area contributed by atoms with Gasteiger partial charge in [0.05, 0.1) is 0 Å². The van der Waals surface area contributed by atoms with Crippen LogP contribution in [-0.2, 0) is 0 Å². The van der Waals surface area contributed by atoms with Crippen molar-refractivity contribution >= 4 is 24.8 Å². The van der Waals surface area contributed by atoms with Gasteiger partial charge in [-0.25, -0.2) is 4.98 Å². The lowest BCUT2D eigenvalue weighted by atomic mass is 10.1. The van der Waals surface area contributed by atoms with Crippen molar-refractivity contribution < 1.29 is 0 Å². The molecule has 0 atom stereocenters. The lowest BCUT2D eigenvalue weighted by Gasteiger charge is -2.26. The second kappa shape index (κ2) is 7.67. The van der Waals surface area contributed by atoms with E-state index in [0.717, 1.165) is 18.9 Å². The van der Waals surface area contributed by atoms with Crippen LogP contribution in [-0.4, -0.2) is 22.6 Å². The second-order valence-corrected chi connectivity index (χ2v) is 4.94. The first-order valence-electron chi connectivity index (χ1n) is 6.66. The zero-order chi connectivity index (χ0) is 12.4. The highest BCUT2D eigenvalue weighted by Gasteiger charge is 2.20. The topological polar surface area (TPSA) is 29.9 Å². The average molecular weight is 314 g/mol. The Kier molecular flexibility index (Phi) is 6.53. The van der Waals surface area contributed by atoms with Gasteiger partial charge in [0.2, 0.25) is 0 Å². The summed E-state index contributed by atoms with van der Waals surface area (Å²) in [7, 11) is 0. The van der Waals surface area contributed by atoms with Gasteiger partial charge in [0.25, 0.3) is 0 Å². The van der Waals surface area contributed by atoms with Crippen molar-refractivity contribution in [1.82, 2.24) is 14.9 Å². The Hall–Kier alpha value is -1.03. The molecule has 0 amide bonds. The summed E-state index contributed by atoms with van der Waals surface area (Å²) in [6.45, 7) is 4.37. The molecule has 1 aromatic carbocycles. The molecule has 0 unspecified atom stereocenters. The molecule has 1 N–H and O–H groups in total. The highest BCUT2D eigenvalue weighted by Crippen LogP contribution is 2.28. The van der Waals surface area contributed by atoms with Crippen LogP contribution >= 0.6 is 24.8 Å². The minimum Gasteiger partial charge on any atom is -0.325 e. The molecule has 3 nitrogen and oxygen atoms in total. The zero-order valence-electron chi connectivity index (χ0n) is 11.6. The number of aromatic nitrogens is 2. The molecular weight excluding hydrogens is 293 g/mol. The van der Waals surface area contributed by atoms with E-state index in [0.29, 0.717) is 6.04 Å². The number of aryl methyl sites for hydroxylation is 1. The van der Waals surface area contributed by atoms with Crippen molar-refractivity contribution in [2.24, 2.45) is 0 Å². The maximum absolute atomic E-state index is 4.60. The predicted molar refractivity (Wildman–Crippen MR) is 88.0 cm³/mol. The molecule has 1 saturated heterocycles. The van der Waals surface area contributed by atoms with Crippen LogP contribution in [0.25, 0.3) is 11.4 Å². The fourth-order valence-electron chi connectivity index (χ4n) is 2.77. The fraction of sp³-hybridized carbons (Fsp3) is 0.400. The molecule has 0 spiro atoms. The first kappa shape index (κ1) is 17.0. The molecule has 1 aliphatic heterocycles. The van der Waals surface area contributed by atoms with E-state index in [-0.39, 0.29) is 24.8 Å². The summed E-state index contributed by atoms with van der Waals surface area (Å²) in [6, 6.07) is 11.1. The van der Waals surface area contributed by atoms with Crippen LogP contribution < -0.4 is 5.32 Å². The molecule has 1 aliphatic rings. The van der Waals surface area contributed by atoms with Crippen LogP contribution in [0.2, 0.25) is 0 Å². The molecule has 1 fully saturated rings. The molecule has 5 heteroatoms. The third-order valence-corrected chi connectivity index (χ3v) is 3.69. The summed E-state index contributed by atoms with van der Waals surface area (Å²) in [6.07, 6.45) is 4.37. The Morgan fingerprint density at radius 3 is 2.40 bits per heavy atom. The Balaban J connectivity index is 0.000001000. The van der Waals surface area contributed by atoms with E-state index in [1.807, 2.05) is 12.3 Å². The molecule has 3 rings (SSSR count). The summed E-state index contributed by atoms with van der Waals surface area (Å²) in [4.78, 5) is 4.60. The van der Waals surface area contributed by atoms with Gasteiger partial charge >= 0.3 is 0 Å². The molecule has 110 valence electrons. The Labute approximate surface area is 132 Å². The maximum atomic E-state index is 4.60. The molecule has 0 aliphatic carbocycles. The van der Waals surface area contributed by atoms with Crippen molar-refractivity contribution in [3.05, 3.63) is 42.2 Å². The van der Waals surface area contributed by atoms with Gasteiger partial charge in [-0.2, -0.15) is 0 Å². The van der Waals surface area contributed by atoms with E-state index in [1.54, 1.807) is 0 Å². The van der Waals surface area contributed by atoms with Crippen LogP contribution in [0.15, 0.2) is 36.5 Å². The number of benzene rings is 1. The van der Waals surface area contributed by atoms with E-state index in [9.17, 15) is 0 Å². The lowest BCUT2D eigenvalue weighted by molar-refractivity contribution is 0.366. The van der Waals surface area contributed by atoms with E-state index < -0.39 is 0 Å². The van der Waals surface area contributed by atoms with Crippen LogP contribution in [0.5, 0.6) is 0 Å². The van der Waals surface area contributed by atoms with Crippen LogP contribution in [0.3, 0.4) is 0 Å². The Bertz CT molecular complexity index is 519. The third-order valence-electron chi connectivity index (χ3n) is 3.69. The number of halogens is 2. The van der Waals surface area contributed by atoms with Crippen molar-refractivity contribution in [2.45, 2.75) is 25.8 Å². The monoisotopic (exact) mass is 313 g/mol. The highest BCUT2D eigenvalue weighted by atomic mass is 35.5. The smallest absolute Gasteiger partial charge is 0.140 e. The first-order valence-corrected chi connectivity index (χ1v) is 6.66. The van der Waals surface area contributed by atoms with Gasteiger partial charge in [0, 0.05) is 23.5 Å². The number of hydrogen-bond donors (Lipinski definition) is 1. The van der Waals surface area contributed by atoms with Crippen molar-refractivity contribution in [1.29, 1.82) is 0 Å². The van der Waals surface area contributed by atoms with Crippen molar-refractivity contribution in [3.8, 4) is 11.4 Å². The first-order chi connectivity index (χ1) is 8.86. The number of nitrogens with one attached hydrogen (secondary N) is 1. The predicted octanol–water partition coefficient (Wildman–Crippen LogP) is 3.63. The van der Waals surface area contributed by atoms with Crippen LogP contribution in [0.1, 0.15) is 24.6 Å². The second-order valence-electron chi connectivity index (χ2n) is 4.94. The molecule has 0 radical (unpaired) electrons. The lowest BCUT2D eigenvalue weighted by Crippen LogP contribution is -2.30. The zero-order valence-corrected chi connectivity index (χ0v) is 13.2. The highest BCUT2D eigenvalue weighted by molar-refractivity contribution is 5.85. The number of hydrogen-bond acceptors (Lipinski definition) is 2. The molecule has 1 aromatic heterocycles. The largest absolute Gasteiger partial charge is 0.325 e. The Morgan fingerprint density at radius 1 is 1.10 bits per heavy atom. The van der Waals surface area contributed by atoms with Crippen LogP contribution in [0, 0.1) is 6.92 Å². The SMILES string of the molecule is Cc1cnc(-c2ccccc2)n1C1CCNCC1.Cl.Cl. The standard InChI is InChI=1S/C15H19N3.2ClH/c1-12-11-17-15(13-5-3-2-4-6-13)18(12)14-7-9-16-10-8-14;;/h2-6,11,14,16H,7-10H2,1H3;2*1H. The van der Waals surface area contributed by atoms with Gasteiger partial charge in [-0.05, 0) is 32.9 Å². The number of piperidine rings is 1. The fourth-order valence-corrected chi connectivity index (χ4v) is 2.77. The molecule has 0 saturated carbocycles. The third kappa shape index (κ3) is 3.35. The maximum Gasteiger partial charge on any atom is 0.140 e.